The number of aliphatic imine (C=N–C) groups is 1. The second-order valence-electron chi connectivity index (χ2n) is 5.74. The molecule has 4 heteroatoms. The molecule has 0 fully saturated rings. The largest absolute Gasteiger partial charge is 0.362 e. The van der Waals surface area contributed by atoms with Gasteiger partial charge in [-0.25, -0.2) is 0 Å². The van der Waals surface area contributed by atoms with Crippen molar-refractivity contribution in [1.29, 1.82) is 0 Å². The van der Waals surface area contributed by atoms with E-state index < -0.39 is 0 Å². The third kappa shape index (κ3) is 5.71. The van der Waals surface area contributed by atoms with E-state index in [2.05, 4.69) is 15.6 Å². The highest BCUT2D eigenvalue weighted by molar-refractivity contribution is 5.90. The lowest BCUT2D eigenvalue weighted by Gasteiger charge is -2.24. The van der Waals surface area contributed by atoms with E-state index in [1.54, 1.807) is 0 Å². The summed E-state index contributed by atoms with van der Waals surface area (Å²) in [7, 11) is 0. The van der Waals surface area contributed by atoms with Crippen molar-refractivity contribution in [3.63, 3.8) is 0 Å². The summed E-state index contributed by atoms with van der Waals surface area (Å²) in [6.45, 7) is 8.73. The quantitative estimate of drug-likeness (QED) is 0.772. The summed E-state index contributed by atoms with van der Waals surface area (Å²) in [6.07, 6.45) is 4.53. The molecule has 1 aliphatic heterocycles. The molecule has 0 saturated heterocycles. The molecule has 0 aromatic rings. The minimum absolute atomic E-state index is 0.0319. The molecule has 0 bridgehead atoms. The Labute approximate surface area is 104 Å². The van der Waals surface area contributed by atoms with Crippen LogP contribution in [0.15, 0.2) is 4.99 Å². The Hall–Kier alpha value is -1.06. The first-order valence-electron chi connectivity index (χ1n) is 6.50. The van der Waals surface area contributed by atoms with Crippen LogP contribution in [-0.4, -0.2) is 29.9 Å². The number of carbonyl (C=O) groups is 1. The van der Waals surface area contributed by atoms with Crippen molar-refractivity contribution in [3.8, 4) is 0 Å². The van der Waals surface area contributed by atoms with Gasteiger partial charge in [-0.1, -0.05) is 6.42 Å². The number of nitrogens with one attached hydrogen (secondary N) is 2. The Kier molecular flexibility index (Phi) is 4.97. The van der Waals surface area contributed by atoms with Gasteiger partial charge in [-0.15, -0.1) is 0 Å². The van der Waals surface area contributed by atoms with Crippen LogP contribution in [0, 0.1) is 0 Å². The second-order valence-corrected chi connectivity index (χ2v) is 5.74. The van der Waals surface area contributed by atoms with Gasteiger partial charge in [0.2, 0.25) is 5.91 Å². The number of amidine groups is 1. The smallest absolute Gasteiger partial charge is 0.242 e. The second kappa shape index (κ2) is 6.03. The lowest BCUT2D eigenvalue weighted by atomic mass is 10.1. The van der Waals surface area contributed by atoms with E-state index >= 15 is 0 Å². The van der Waals surface area contributed by atoms with E-state index in [9.17, 15) is 4.79 Å². The number of amides is 1. The minimum atomic E-state index is -0.217. The summed E-state index contributed by atoms with van der Waals surface area (Å²) >= 11 is 0. The van der Waals surface area contributed by atoms with Gasteiger partial charge < -0.3 is 10.6 Å². The van der Waals surface area contributed by atoms with Gasteiger partial charge in [0, 0.05) is 18.5 Å². The maximum absolute atomic E-state index is 11.9. The molecule has 2 N–H and O–H groups in total. The molecule has 0 aliphatic carbocycles. The van der Waals surface area contributed by atoms with E-state index in [4.69, 9.17) is 0 Å². The van der Waals surface area contributed by atoms with Gasteiger partial charge in [-0.2, -0.15) is 0 Å². The molecule has 4 nitrogen and oxygen atoms in total. The Bertz CT molecular complexity index is 292. The normalized spacial score (nSPS) is 18.9. The molecular weight excluding hydrogens is 214 g/mol. The third-order valence-electron chi connectivity index (χ3n) is 2.65. The maximum atomic E-state index is 11.9. The van der Waals surface area contributed by atoms with Crippen LogP contribution in [-0.2, 0) is 4.79 Å². The molecule has 1 aliphatic rings. The number of hydrogen-bond donors (Lipinski definition) is 2. The molecule has 0 aromatic heterocycles. The molecule has 1 unspecified atom stereocenters. The fraction of sp³-hybridized carbons (Fsp3) is 0.846. The molecule has 1 amide bonds. The topological polar surface area (TPSA) is 53.5 Å². The number of hydrogen-bond acceptors (Lipinski definition) is 3. The van der Waals surface area contributed by atoms with Crippen LogP contribution in [0.5, 0.6) is 0 Å². The van der Waals surface area contributed by atoms with E-state index in [-0.39, 0.29) is 17.5 Å². The first-order chi connectivity index (χ1) is 7.88. The minimum Gasteiger partial charge on any atom is -0.362 e. The van der Waals surface area contributed by atoms with Crippen LogP contribution < -0.4 is 10.6 Å². The number of nitrogens with zero attached hydrogens (tertiary/aromatic N) is 1. The highest BCUT2D eigenvalue weighted by Gasteiger charge is 2.20. The maximum Gasteiger partial charge on any atom is 0.242 e. The molecule has 98 valence electrons. The van der Waals surface area contributed by atoms with Crippen LogP contribution in [0.4, 0.5) is 0 Å². The average molecular weight is 239 g/mol. The molecule has 1 atom stereocenters. The summed E-state index contributed by atoms with van der Waals surface area (Å²) in [5, 5.41) is 6.19. The highest BCUT2D eigenvalue weighted by atomic mass is 16.2. The zero-order valence-electron chi connectivity index (χ0n) is 11.5. The van der Waals surface area contributed by atoms with Crippen LogP contribution in [0.2, 0.25) is 0 Å². The van der Waals surface area contributed by atoms with Crippen molar-refractivity contribution in [2.45, 2.75) is 65.0 Å². The van der Waals surface area contributed by atoms with Crippen LogP contribution >= 0.6 is 0 Å². The first kappa shape index (κ1) is 14.0. The SMILES string of the molecule is CC(NC1=NCCCCC1)C(=O)NC(C)(C)C. The van der Waals surface area contributed by atoms with Crippen molar-refractivity contribution in [3.05, 3.63) is 0 Å². The van der Waals surface area contributed by atoms with Gasteiger partial charge in [-0.05, 0) is 40.5 Å². The Morgan fingerprint density at radius 3 is 2.65 bits per heavy atom. The van der Waals surface area contributed by atoms with Gasteiger partial charge >= 0.3 is 0 Å². The van der Waals surface area contributed by atoms with Crippen LogP contribution in [0.25, 0.3) is 0 Å². The summed E-state index contributed by atoms with van der Waals surface area (Å²) in [5.74, 6) is 1.02. The lowest BCUT2D eigenvalue weighted by Crippen LogP contribution is -2.50. The summed E-state index contributed by atoms with van der Waals surface area (Å²) in [6, 6.07) is -0.217. The summed E-state index contributed by atoms with van der Waals surface area (Å²) < 4.78 is 0. The number of rotatable bonds is 2. The molecule has 1 heterocycles. The Balaban J connectivity index is 2.44. The van der Waals surface area contributed by atoms with E-state index in [1.165, 1.54) is 12.8 Å². The Morgan fingerprint density at radius 1 is 1.29 bits per heavy atom. The predicted molar refractivity (Wildman–Crippen MR) is 71.3 cm³/mol. The molecule has 0 radical (unpaired) electrons. The van der Waals surface area contributed by atoms with Crippen molar-refractivity contribution in [2.75, 3.05) is 6.54 Å². The molecule has 1 rings (SSSR count). The average Bonchev–Trinajstić information content (AvgIpc) is 2.43. The van der Waals surface area contributed by atoms with E-state index in [1.807, 2.05) is 27.7 Å². The third-order valence-corrected chi connectivity index (χ3v) is 2.65. The molecule has 0 spiro atoms. The fourth-order valence-electron chi connectivity index (χ4n) is 1.79. The van der Waals surface area contributed by atoms with Crippen LogP contribution in [0.1, 0.15) is 53.4 Å². The van der Waals surface area contributed by atoms with E-state index in [0.29, 0.717) is 0 Å². The molecular formula is C13H25N3O. The Morgan fingerprint density at radius 2 is 2.00 bits per heavy atom. The van der Waals surface area contributed by atoms with Gasteiger partial charge in [0.25, 0.3) is 0 Å². The monoisotopic (exact) mass is 239 g/mol. The van der Waals surface area contributed by atoms with Gasteiger partial charge in [-0.3, -0.25) is 9.79 Å². The first-order valence-corrected chi connectivity index (χ1v) is 6.50. The summed E-state index contributed by atoms with van der Waals surface area (Å²) in [5.41, 5.74) is -0.182. The lowest BCUT2D eigenvalue weighted by molar-refractivity contribution is -0.123. The standard InChI is InChI=1S/C13H25N3O/c1-10(12(17)16-13(2,3)4)15-11-8-6-5-7-9-14-11/h10H,5-9H2,1-4H3,(H,14,15)(H,16,17). The predicted octanol–water partition coefficient (Wildman–Crippen LogP) is 1.85. The van der Waals surface area contributed by atoms with Gasteiger partial charge in [0.1, 0.15) is 6.04 Å². The van der Waals surface area contributed by atoms with Crippen molar-refractivity contribution in [1.82, 2.24) is 10.6 Å². The van der Waals surface area contributed by atoms with Crippen molar-refractivity contribution >= 4 is 11.7 Å². The molecule has 17 heavy (non-hydrogen) atoms. The summed E-state index contributed by atoms with van der Waals surface area (Å²) in [4.78, 5) is 16.4. The zero-order valence-corrected chi connectivity index (χ0v) is 11.5. The van der Waals surface area contributed by atoms with E-state index in [0.717, 1.165) is 25.2 Å². The van der Waals surface area contributed by atoms with Crippen molar-refractivity contribution < 1.29 is 4.79 Å². The van der Waals surface area contributed by atoms with Crippen molar-refractivity contribution in [2.24, 2.45) is 4.99 Å². The van der Waals surface area contributed by atoms with Gasteiger partial charge in [0.05, 0.1) is 5.84 Å². The van der Waals surface area contributed by atoms with Gasteiger partial charge in [0.15, 0.2) is 0 Å². The zero-order chi connectivity index (χ0) is 12.9. The molecule has 0 aromatic carbocycles. The number of carbonyl (C=O) groups excluding carboxylic acids is 1. The highest BCUT2D eigenvalue weighted by Crippen LogP contribution is 2.07. The fourth-order valence-corrected chi connectivity index (χ4v) is 1.79. The van der Waals surface area contributed by atoms with Crippen LogP contribution in [0.3, 0.4) is 0 Å². The molecule has 0 saturated carbocycles.